The van der Waals surface area contributed by atoms with Crippen molar-refractivity contribution in [1.29, 1.82) is 0 Å². The number of rotatable bonds is 9. The average Bonchev–Trinajstić information content (AvgIpc) is 3.17. The molecule has 0 fully saturated rings. The Labute approximate surface area is 162 Å². The monoisotopic (exact) mass is 383 g/mol. The summed E-state index contributed by atoms with van der Waals surface area (Å²) in [5.41, 5.74) is 2.12. The fourth-order valence-electron chi connectivity index (χ4n) is 2.62. The number of carboxylic acid groups (broad SMARTS) is 1. The van der Waals surface area contributed by atoms with Crippen molar-refractivity contribution in [1.82, 2.24) is 4.98 Å². The molecule has 1 heterocycles. The number of hydrogen-bond acceptors (Lipinski definition) is 5. The Morgan fingerprint density at radius 3 is 2.52 bits per heavy atom. The Morgan fingerprint density at radius 2 is 1.81 bits per heavy atom. The van der Waals surface area contributed by atoms with Crippen LogP contribution in [0.1, 0.15) is 29.4 Å². The lowest BCUT2D eigenvalue weighted by molar-refractivity contribution is 0.0691. The van der Waals surface area contributed by atoms with Crippen LogP contribution in [0.4, 0.5) is 0 Å². The Hall–Kier alpha value is -2.86. The lowest BCUT2D eigenvalue weighted by atomic mass is 10.1. The first-order chi connectivity index (χ1) is 13.2. The second kappa shape index (κ2) is 9.19. The number of benzene rings is 2. The van der Waals surface area contributed by atoms with Gasteiger partial charge in [0.2, 0.25) is 0 Å². The number of aryl methyl sites for hydroxylation is 1. The average molecular weight is 383 g/mol. The number of aromatic carboxylic acids is 1. The van der Waals surface area contributed by atoms with Gasteiger partial charge in [0.1, 0.15) is 29.7 Å². The highest BCUT2D eigenvalue weighted by molar-refractivity contribution is 7.13. The predicted molar refractivity (Wildman–Crippen MR) is 106 cm³/mol. The van der Waals surface area contributed by atoms with Crippen molar-refractivity contribution in [2.75, 3.05) is 13.2 Å². The van der Waals surface area contributed by atoms with Crippen molar-refractivity contribution in [2.24, 2.45) is 0 Å². The van der Waals surface area contributed by atoms with Gasteiger partial charge in [0.05, 0.1) is 5.56 Å². The van der Waals surface area contributed by atoms with E-state index < -0.39 is 5.97 Å². The van der Waals surface area contributed by atoms with E-state index in [1.54, 1.807) is 0 Å². The Kier molecular flexibility index (Phi) is 6.44. The molecule has 27 heavy (non-hydrogen) atoms. The summed E-state index contributed by atoms with van der Waals surface area (Å²) in [6.45, 7) is 2.96. The van der Waals surface area contributed by atoms with E-state index in [0.717, 1.165) is 24.2 Å². The largest absolute Gasteiger partial charge is 0.490 e. The van der Waals surface area contributed by atoms with Gasteiger partial charge in [-0.15, -0.1) is 11.3 Å². The zero-order valence-corrected chi connectivity index (χ0v) is 15.9. The lowest BCUT2D eigenvalue weighted by Crippen LogP contribution is -2.09. The van der Waals surface area contributed by atoms with E-state index in [1.165, 1.54) is 22.3 Å². The number of aromatic nitrogens is 1. The molecule has 0 aliphatic heterocycles. The van der Waals surface area contributed by atoms with Crippen LogP contribution >= 0.6 is 11.3 Å². The van der Waals surface area contributed by atoms with Gasteiger partial charge in [-0.05, 0) is 36.2 Å². The molecule has 0 aliphatic carbocycles. The zero-order valence-electron chi connectivity index (χ0n) is 15.1. The van der Waals surface area contributed by atoms with Crippen LogP contribution in [0, 0.1) is 0 Å². The van der Waals surface area contributed by atoms with Gasteiger partial charge in [-0.1, -0.05) is 37.6 Å². The molecule has 0 atom stereocenters. The smallest absolute Gasteiger partial charge is 0.355 e. The summed E-state index contributed by atoms with van der Waals surface area (Å²) in [6.07, 6.45) is 2.20. The molecular formula is C21H21NO4S. The normalized spacial score (nSPS) is 10.6. The standard InChI is InChI=1S/C21H21NO4S/c1-2-5-15-8-10-16(11-9-15)25-12-13-26-19-7-4-3-6-17(19)20-22-18(14-27-20)21(23)24/h3-4,6-11,14H,2,5,12-13H2,1H3,(H,23,24). The molecule has 6 heteroatoms. The minimum absolute atomic E-state index is 0.0413. The second-order valence-electron chi connectivity index (χ2n) is 5.93. The van der Waals surface area contributed by atoms with Crippen molar-refractivity contribution in [3.8, 4) is 22.1 Å². The maximum atomic E-state index is 11.0. The molecular weight excluding hydrogens is 362 g/mol. The van der Waals surface area contributed by atoms with E-state index in [1.807, 2.05) is 36.4 Å². The van der Waals surface area contributed by atoms with Crippen LogP contribution in [0.25, 0.3) is 10.6 Å². The molecule has 2 aromatic carbocycles. The van der Waals surface area contributed by atoms with E-state index in [9.17, 15) is 4.79 Å². The molecule has 0 aliphatic rings. The van der Waals surface area contributed by atoms with E-state index in [4.69, 9.17) is 14.6 Å². The van der Waals surface area contributed by atoms with Crippen molar-refractivity contribution in [2.45, 2.75) is 19.8 Å². The summed E-state index contributed by atoms with van der Waals surface area (Å²) in [6, 6.07) is 15.6. The van der Waals surface area contributed by atoms with Gasteiger partial charge in [-0.3, -0.25) is 0 Å². The third-order valence-electron chi connectivity index (χ3n) is 3.91. The van der Waals surface area contributed by atoms with Crippen LogP contribution in [0.2, 0.25) is 0 Å². The Bertz CT molecular complexity index is 889. The molecule has 5 nitrogen and oxygen atoms in total. The summed E-state index contributed by atoms with van der Waals surface area (Å²) < 4.78 is 11.6. The molecule has 0 bridgehead atoms. The number of ether oxygens (including phenoxy) is 2. The molecule has 0 saturated carbocycles. The number of para-hydroxylation sites is 1. The molecule has 0 saturated heterocycles. The van der Waals surface area contributed by atoms with E-state index >= 15 is 0 Å². The van der Waals surface area contributed by atoms with Gasteiger partial charge in [-0.25, -0.2) is 9.78 Å². The zero-order chi connectivity index (χ0) is 19.1. The molecule has 3 aromatic rings. The van der Waals surface area contributed by atoms with Gasteiger partial charge in [0, 0.05) is 5.38 Å². The minimum Gasteiger partial charge on any atom is -0.490 e. The summed E-state index contributed by atoms with van der Waals surface area (Å²) >= 11 is 1.28. The highest BCUT2D eigenvalue weighted by Gasteiger charge is 2.13. The Morgan fingerprint density at radius 1 is 1.07 bits per heavy atom. The maximum Gasteiger partial charge on any atom is 0.355 e. The van der Waals surface area contributed by atoms with Crippen LogP contribution in [0.15, 0.2) is 53.9 Å². The first kappa shape index (κ1) is 18.9. The van der Waals surface area contributed by atoms with Gasteiger partial charge < -0.3 is 14.6 Å². The summed E-state index contributed by atoms with van der Waals surface area (Å²) in [7, 11) is 0. The first-order valence-electron chi connectivity index (χ1n) is 8.80. The van der Waals surface area contributed by atoms with Crippen molar-refractivity contribution in [3.63, 3.8) is 0 Å². The number of nitrogens with zero attached hydrogens (tertiary/aromatic N) is 1. The van der Waals surface area contributed by atoms with Crippen LogP contribution in [-0.2, 0) is 6.42 Å². The topological polar surface area (TPSA) is 68.7 Å². The molecule has 1 aromatic heterocycles. The number of hydrogen-bond donors (Lipinski definition) is 1. The molecule has 0 radical (unpaired) electrons. The lowest BCUT2D eigenvalue weighted by Gasteiger charge is -2.11. The van der Waals surface area contributed by atoms with Gasteiger partial charge >= 0.3 is 5.97 Å². The van der Waals surface area contributed by atoms with Gasteiger partial charge in [0.15, 0.2) is 5.69 Å². The first-order valence-corrected chi connectivity index (χ1v) is 9.68. The highest BCUT2D eigenvalue weighted by atomic mass is 32.1. The number of thiazole rings is 1. The minimum atomic E-state index is -1.03. The maximum absolute atomic E-state index is 11.0. The van der Waals surface area contributed by atoms with Gasteiger partial charge in [-0.2, -0.15) is 0 Å². The SMILES string of the molecule is CCCc1ccc(OCCOc2ccccc2-c2nc(C(=O)O)cs2)cc1. The highest BCUT2D eigenvalue weighted by Crippen LogP contribution is 2.32. The van der Waals surface area contributed by atoms with Crippen LogP contribution < -0.4 is 9.47 Å². The summed E-state index contributed by atoms with van der Waals surface area (Å²) in [4.78, 5) is 15.2. The molecule has 3 rings (SSSR count). The predicted octanol–water partition coefficient (Wildman–Crippen LogP) is 4.92. The third kappa shape index (κ3) is 5.08. The molecule has 140 valence electrons. The van der Waals surface area contributed by atoms with Crippen LogP contribution in [-0.4, -0.2) is 29.3 Å². The van der Waals surface area contributed by atoms with Crippen molar-refractivity contribution in [3.05, 3.63) is 65.2 Å². The van der Waals surface area contributed by atoms with Gasteiger partial charge in [0.25, 0.3) is 0 Å². The molecule has 0 amide bonds. The van der Waals surface area contributed by atoms with E-state index in [0.29, 0.717) is 24.0 Å². The van der Waals surface area contributed by atoms with E-state index in [-0.39, 0.29) is 5.69 Å². The van der Waals surface area contributed by atoms with Crippen molar-refractivity contribution >= 4 is 17.3 Å². The third-order valence-corrected chi connectivity index (χ3v) is 4.79. The van der Waals surface area contributed by atoms with Crippen molar-refractivity contribution < 1.29 is 19.4 Å². The fourth-order valence-corrected chi connectivity index (χ4v) is 3.44. The molecule has 1 N–H and O–H groups in total. The summed E-state index contributed by atoms with van der Waals surface area (Å²) in [5, 5.41) is 11.2. The number of carbonyl (C=O) groups is 1. The quantitative estimate of drug-likeness (QED) is 0.531. The summed E-state index contributed by atoms with van der Waals surface area (Å²) in [5.74, 6) is 0.442. The Balaban J connectivity index is 1.57. The molecule has 0 spiro atoms. The van der Waals surface area contributed by atoms with E-state index in [2.05, 4.69) is 24.0 Å². The second-order valence-corrected chi connectivity index (χ2v) is 6.79. The molecule has 0 unspecified atom stereocenters. The van der Waals surface area contributed by atoms with Crippen LogP contribution in [0.3, 0.4) is 0 Å². The fraction of sp³-hybridized carbons (Fsp3) is 0.238. The van der Waals surface area contributed by atoms with Crippen LogP contribution in [0.5, 0.6) is 11.5 Å². The number of carboxylic acids is 1.